The maximum absolute atomic E-state index is 6.58. The van der Waals surface area contributed by atoms with E-state index in [0.29, 0.717) is 15.8 Å². The van der Waals surface area contributed by atoms with Crippen LogP contribution in [-0.2, 0) is 6.42 Å². The Balaban J connectivity index is 1.98. The Morgan fingerprint density at radius 2 is 1.95 bits per heavy atom. The minimum atomic E-state index is -0.369. The zero-order valence-corrected chi connectivity index (χ0v) is 13.6. The summed E-state index contributed by atoms with van der Waals surface area (Å²) in [7, 11) is 1.55. The Labute approximate surface area is 138 Å². The third kappa shape index (κ3) is 2.80. The first-order valence-electron chi connectivity index (χ1n) is 6.52. The van der Waals surface area contributed by atoms with E-state index in [2.05, 4.69) is 6.07 Å². The maximum Gasteiger partial charge on any atom is 0.138 e. The molecule has 0 spiro atoms. The highest BCUT2D eigenvalue weighted by molar-refractivity contribution is 6.36. The molecule has 2 nitrogen and oxygen atoms in total. The monoisotopic (exact) mass is 342 g/mol. The van der Waals surface area contributed by atoms with Gasteiger partial charge in [-0.15, -0.1) is 11.6 Å². The van der Waals surface area contributed by atoms with Crippen LogP contribution in [0.3, 0.4) is 0 Å². The minimum absolute atomic E-state index is 0.369. The molecule has 0 radical (unpaired) electrons. The van der Waals surface area contributed by atoms with Crippen molar-refractivity contribution in [3.8, 4) is 11.5 Å². The number of fused-ring (bicyclic) bond motifs is 1. The van der Waals surface area contributed by atoms with Crippen LogP contribution in [0.15, 0.2) is 30.3 Å². The summed E-state index contributed by atoms with van der Waals surface area (Å²) in [5.41, 5.74) is 2.92. The number of halogens is 3. The Kier molecular flexibility index (Phi) is 4.21. The van der Waals surface area contributed by atoms with Crippen LogP contribution in [0, 0.1) is 0 Å². The summed E-state index contributed by atoms with van der Waals surface area (Å²) in [4.78, 5) is 0. The predicted octanol–water partition coefficient (Wildman–Crippen LogP) is 5.27. The van der Waals surface area contributed by atoms with Gasteiger partial charge in [-0.3, -0.25) is 0 Å². The van der Waals surface area contributed by atoms with E-state index in [9.17, 15) is 0 Å². The summed E-state index contributed by atoms with van der Waals surface area (Å²) >= 11 is 19.0. The second kappa shape index (κ2) is 5.96. The van der Waals surface area contributed by atoms with Crippen LogP contribution < -0.4 is 9.47 Å². The van der Waals surface area contributed by atoms with E-state index in [0.717, 1.165) is 29.9 Å². The summed E-state index contributed by atoms with van der Waals surface area (Å²) in [6.45, 7) is 0.723. The Morgan fingerprint density at radius 1 is 1.14 bits per heavy atom. The van der Waals surface area contributed by atoms with Crippen LogP contribution in [0.4, 0.5) is 0 Å². The lowest BCUT2D eigenvalue weighted by molar-refractivity contribution is 0.357. The highest BCUT2D eigenvalue weighted by Gasteiger charge is 2.20. The highest BCUT2D eigenvalue weighted by atomic mass is 35.5. The lowest BCUT2D eigenvalue weighted by Crippen LogP contribution is -1.97. The average Bonchev–Trinajstić information content (AvgIpc) is 2.95. The van der Waals surface area contributed by atoms with Gasteiger partial charge in [0.2, 0.25) is 0 Å². The molecule has 110 valence electrons. The molecule has 21 heavy (non-hydrogen) atoms. The van der Waals surface area contributed by atoms with Crippen molar-refractivity contribution in [2.24, 2.45) is 0 Å². The van der Waals surface area contributed by atoms with E-state index >= 15 is 0 Å². The Morgan fingerprint density at radius 3 is 2.71 bits per heavy atom. The number of hydrogen-bond donors (Lipinski definition) is 0. The summed E-state index contributed by atoms with van der Waals surface area (Å²) in [6.07, 6.45) is 0.907. The number of alkyl halides is 1. The first kappa shape index (κ1) is 14.8. The third-order valence-electron chi connectivity index (χ3n) is 3.55. The predicted molar refractivity (Wildman–Crippen MR) is 86.4 cm³/mol. The van der Waals surface area contributed by atoms with Gasteiger partial charge in [0.05, 0.1) is 24.1 Å². The smallest absolute Gasteiger partial charge is 0.138 e. The van der Waals surface area contributed by atoms with E-state index < -0.39 is 0 Å². The van der Waals surface area contributed by atoms with E-state index in [4.69, 9.17) is 44.3 Å². The van der Waals surface area contributed by atoms with Gasteiger partial charge < -0.3 is 9.47 Å². The molecule has 5 heteroatoms. The van der Waals surface area contributed by atoms with E-state index in [-0.39, 0.29) is 5.38 Å². The zero-order chi connectivity index (χ0) is 15.0. The van der Waals surface area contributed by atoms with Gasteiger partial charge in [-0.05, 0) is 28.8 Å². The number of ether oxygens (including phenoxy) is 2. The van der Waals surface area contributed by atoms with Gasteiger partial charge in [0.15, 0.2) is 0 Å². The summed E-state index contributed by atoms with van der Waals surface area (Å²) in [5.74, 6) is 1.47. The molecule has 0 saturated carbocycles. The third-order valence-corrected chi connectivity index (χ3v) is 4.66. The molecule has 0 aliphatic carbocycles. The molecule has 3 rings (SSSR count). The van der Waals surface area contributed by atoms with E-state index in [1.54, 1.807) is 19.2 Å². The molecule has 0 bridgehead atoms. The number of hydrogen-bond acceptors (Lipinski definition) is 2. The average molecular weight is 344 g/mol. The molecule has 0 aromatic heterocycles. The fourth-order valence-corrected chi connectivity index (χ4v) is 3.32. The second-order valence-corrected chi connectivity index (χ2v) is 6.09. The van der Waals surface area contributed by atoms with Crippen molar-refractivity contribution in [2.75, 3.05) is 13.7 Å². The van der Waals surface area contributed by atoms with Gasteiger partial charge in [-0.1, -0.05) is 35.3 Å². The molecule has 1 unspecified atom stereocenters. The van der Waals surface area contributed by atoms with E-state index in [1.165, 1.54) is 5.56 Å². The first-order chi connectivity index (χ1) is 10.1. The molecule has 0 N–H and O–H groups in total. The van der Waals surface area contributed by atoms with Crippen LogP contribution in [-0.4, -0.2) is 13.7 Å². The summed E-state index contributed by atoms with van der Waals surface area (Å²) in [6, 6.07) is 9.41. The molecule has 0 saturated heterocycles. The topological polar surface area (TPSA) is 18.5 Å². The molecule has 1 heterocycles. The van der Waals surface area contributed by atoms with Gasteiger partial charge in [0, 0.05) is 17.5 Å². The van der Waals surface area contributed by atoms with E-state index in [1.807, 2.05) is 12.1 Å². The molecule has 0 amide bonds. The van der Waals surface area contributed by atoms with Crippen molar-refractivity contribution in [3.63, 3.8) is 0 Å². The summed E-state index contributed by atoms with van der Waals surface area (Å²) in [5, 5.41) is 0.659. The molecule has 0 fully saturated rings. The van der Waals surface area contributed by atoms with Crippen molar-refractivity contribution in [3.05, 3.63) is 57.1 Å². The maximum atomic E-state index is 6.58. The van der Waals surface area contributed by atoms with Crippen molar-refractivity contribution in [1.82, 2.24) is 0 Å². The fraction of sp³-hybridized carbons (Fsp3) is 0.250. The molecule has 2 aromatic rings. The standard InChI is InChI=1S/C16H13Cl3O2/c1-20-15-8-12(17)11(7-13(15)18)16(19)10-2-3-14-9(6-10)4-5-21-14/h2-3,6-8,16H,4-5H2,1H3. The Hall–Kier alpha value is -1.09. The molecular weight excluding hydrogens is 331 g/mol. The molecule has 1 aliphatic heterocycles. The van der Waals surface area contributed by atoms with Gasteiger partial charge >= 0.3 is 0 Å². The second-order valence-electron chi connectivity index (χ2n) is 4.84. The largest absolute Gasteiger partial charge is 0.495 e. The van der Waals surface area contributed by atoms with Crippen molar-refractivity contribution >= 4 is 34.8 Å². The van der Waals surface area contributed by atoms with Crippen LogP contribution in [0.1, 0.15) is 22.1 Å². The van der Waals surface area contributed by atoms with Crippen molar-refractivity contribution in [1.29, 1.82) is 0 Å². The lowest BCUT2D eigenvalue weighted by Gasteiger charge is -2.15. The molecular formula is C16H13Cl3O2. The normalized spacial score (nSPS) is 14.5. The SMILES string of the molecule is COc1cc(Cl)c(C(Cl)c2ccc3c(c2)CCO3)cc1Cl. The van der Waals surface area contributed by atoms with Gasteiger partial charge in [-0.2, -0.15) is 0 Å². The highest BCUT2D eigenvalue weighted by Crippen LogP contribution is 2.40. The lowest BCUT2D eigenvalue weighted by atomic mass is 10.0. The number of benzene rings is 2. The summed E-state index contributed by atoms with van der Waals surface area (Å²) < 4.78 is 10.7. The van der Waals surface area contributed by atoms with Crippen LogP contribution in [0.2, 0.25) is 10.0 Å². The molecule has 1 aliphatic rings. The van der Waals surface area contributed by atoms with Crippen LogP contribution in [0.25, 0.3) is 0 Å². The van der Waals surface area contributed by atoms with Gasteiger partial charge in [-0.25, -0.2) is 0 Å². The fourth-order valence-electron chi connectivity index (χ4n) is 2.44. The minimum Gasteiger partial charge on any atom is -0.495 e. The van der Waals surface area contributed by atoms with Crippen LogP contribution in [0.5, 0.6) is 11.5 Å². The van der Waals surface area contributed by atoms with Crippen molar-refractivity contribution < 1.29 is 9.47 Å². The quantitative estimate of drug-likeness (QED) is 0.707. The van der Waals surface area contributed by atoms with Gasteiger partial charge in [0.1, 0.15) is 11.5 Å². The van der Waals surface area contributed by atoms with Crippen molar-refractivity contribution in [2.45, 2.75) is 11.8 Å². The molecule has 1 atom stereocenters. The first-order valence-corrected chi connectivity index (χ1v) is 7.72. The number of methoxy groups -OCH3 is 1. The zero-order valence-electron chi connectivity index (χ0n) is 11.3. The van der Waals surface area contributed by atoms with Gasteiger partial charge in [0.25, 0.3) is 0 Å². The number of rotatable bonds is 3. The Bertz CT molecular complexity index is 685. The molecule has 2 aromatic carbocycles. The van der Waals surface area contributed by atoms with Crippen LogP contribution >= 0.6 is 34.8 Å².